The Morgan fingerprint density at radius 2 is 1.95 bits per heavy atom. The number of hydrogen-bond acceptors (Lipinski definition) is 5. The molecule has 0 aliphatic heterocycles. The number of nitrogens with zero attached hydrogens (tertiary/aromatic N) is 2. The summed E-state index contributed by atoms with van der Waals surface area (Å²) in [4.78, 5) is 4.17. The van der Waals surface area contributed by atoms with Crippen molar-refractivity contribution in [3.63, 3.8) is 0 Å². The molecule has 0 unspecified atom stereocenters. The summed E-state index contributed by atoms with van der Waals surface area (Å²) in [6.45, 7) is 0.318. The first-order valence-corrected chi connectivity index (χ1v) is 6.60. The van der Waals surface area contributed by atoms with Crippen LogP contribution in [0.4, 0.5) is 4.39 Å². The lowest BCUT2D eigenvalue weighted by molar-refractivity contribution is 0.127. The average molecular weight is 287 g/mol. The highest BCUT2D eigenvalue weighted by Gasteiger charge is 2.18. The molecule has 0 aliphatic carbocycles. The Morgan fingerprint density at radius 1 is 1.19 bits per heavy atom. The monoisotopic (exact) mass is 287 g/mol. The summed E-state index contributed by atoms with van der Waals surface area (Å²) in [5, 5.41) is 14.8. The maximum absolute atomic E-state index is 13.8. The van der Waals surface area contributed by atoms with Crippen molar-refractivity contribution in [2.45, 2.75) is 12.5 Å². The maximum atomic E-state index is 13.8. The largest absolute Gasteiger partial charge is 0.383 e. The van der Waals surface area contributed by atoms with Gasteiger partial charge in [0.2, 0.25) is 5.82 Å². The molecule has 0 fully saturated rings. The Morgan fingerprint density at radius 3 is 2.71 bits per heavy atom. The van der Waals surface area contributed by atoms with Crippen LogP contribution in [0.25, 0.3) is 22.2 Å². The van der Waals surface area contributed by atoms with Crippen LogP contribution in [0.15, 0.2) is 40.9 Å². The number of halogens is 1. The van der Waals surface area contributed by atoms with Crippen LogP contribution in [0.1, 0.15) is 18.4 Å². The summed E-state index contributed by atoms with van der Waals surface area (Å²) in [5.41, 5.74) is 6.04. The van der Waals surface area contributed by atoms with Crippen molar-refractivity contribution in [2.75, 3.05) is 6.54 Å². The van der Waals surface area contributed by atoms with E-state index in [2.05, 4.69) is 10.1 Å². The lowest BCUT2D eigenvalue weighted by atomic mass is 10.0. The number of aliphatic hydroxyl groups is 1. The first kappa shape index (κ1) is 13.7. The summed E-state index contributed by atoms with van der Waals surface area (Å²) in [7, 11) is 0. The highest BCUT2D eigenvalue weighted by Crippen LogP contribution is 2.29. The van der Waals surface area contributed by atoms with E-state index in [-0.39, 0.29) is 11.7 Å². The fourth-order valence-corrected chi connectivity index (χ4v) is 2.22. The maximum Gasteiger partial charge on any atom is 0.255 e. The molecule has 21 heavy (non-hydrogen) atoms. The Bertz CT molecular complexity index is 772. The molecule has 0 spiro atoms. The molecule has 0 aliphatic rings. The van der Waals surface area contributed by atoms with E-state index in [9.17, 15) is 9.50 Å². The molecule has 5 nitrogen and oxygen atoms in total. The van der Waals surface area contributed by atoms with Crippen molar-refractivity contribution in [3.05, 3.63) is 48.1 Å². The van der Waals surface area contributed by atoms with Crippen LogP contribution in [0.2, 0.25) is 0 Å². The van der Waals surface area contributed by atoms with Gasteiger partial charge < -0.3 is 15.4 Å². The molecule has 0 amide bonds. The first-order valence-electron chi connectivity index (χ1n) is 6.60. The molecule has 0 saturated carbocycles. The minimum absolute atomic E-state index is 0.115. The second kappa shape index (κ2) is 5.59. The predicted octanol–water partition coefficient (Wildman–Crippen LogP) is 2.41. The van der Waals surface area contributed by atoms with E-state index in [4.69, 9.17) is 10.3 Å². The molecule has 0 saturated heterocycles. The molecule has 1 heterocycles. The summed E-state index contributed by atoms with van der Waals surface area (Å²) < 4.78 is 18.8. The molecule has 3 rings (SSSR count). The lowest BCUT2D eigenvalue weighted by Gasteiger charge is -2.04. The Hall–Kier alpha value is -2.31. The van der Waals surface area contributed by atoms with Gasteiger partial charge in [0, 0.05) is 10.9 Å². The van der Waals surface area contributed by atoms with Gasteiger partial charge in [-0.3, -0.25) is 0 Å². The first-order chi connectivity index (χ1) is 10.2. The van der Waals surface area contributed by atoms with Gasteiger partial charge in [-0.15, -0.1) is 0 Å². The van der Waals surface area contributed by atoms with Gasteiger partial charge in [-0.2, -0.15) is 4.98 Å². The SMILES string of the molecule is NCC[C@H](O)c1nc(-c2ccc(F)c3ccccc23)no1. The van der Waals surface area contributed by atoms with E-state index in [1.807, 2.05) is 6.07 Å². The van der Waals surface area contributed by atoms with Crippen molar-refractivity contribution < 1.29 is 14.0 Å². The van der Waals surface area contributed by atoms with Crippen molar-refractivity contribution in [1.29, 1.82) is 0 Å². The number of hydrogen-bond donors (Lipinski definition) is 2. The molecule has 2 aromatic carbocycles. The van der Waals surface area contributed by atoms with Gasteiger partial charge in [-0.05, 0) is 30.5 Å². The predicted molar refractivity (Wildman–Crippen MR) is 75.8 cm³/mol. The molecule has 108 valence electrons. The second-order valence-electron chi connectivity index (χ2n) is 4.69. The number of benzene rings is 2. The highest BCUT2D eigenvalue weighted by molar-refractivity contribution is 5.95. The molecule has 1 atom stereocenters. The van der Waals surface area contributed by atoms with Crippen LogP contribution in [-0.2, 0) is 0 Å². The molecular formula is C15H14FN3O2. The van der Waals surface area contributed by atoms with Crippen LogP contribution in [0.3, 0.4) is 0 Å². The number of aliphatic hydroxyl groups excluding tert-OH is 1. The minimum Gasteiger partial charge on any atom is -0.383 e. The fourth-order valence-electron chi connectivity index (χ4n) is 2.22. The average Bonchev–Trinajstić information content (AvgIpc) is 2.98. The van der Waals surface area contributed by atoms with E-state index in [1.165, 1.54) is 6.07 Å². The zero-order valence-electron chi connectivity index (χ0n) is 11.2. The topological polar surface area (TPSA) is 85.2 Å². The number of fused-ring (bicyclic) bond motifs is 1. The minimum atomic E-state index is -0.886. The normalized spacial score (nSPS) is 12.7. The van der Waals surface area contributed by atoms with Crippen molar-refractivity contribution >= 4 is 10.8 Å². The van der Waals surface area contributed by atoms with E-state index < -0.39 is 6.10 Å². The third-order valence-corrected chi connectivity index (χ3v) is 3.28. The molecule has 6 heteroatoms. The lowest BCUT2D eigenvalue weighted by Crippen LogP contribution is -2.06. The van der Waals surface area contributed by atoms with E-state index in [0.29, 0.717) is 35.1 Å². The van der Waals surface area contributed by atoms with Gasteiger partial charge in [0.15, 0.2) is 0 Å². The molecule has 3 N–H and O–H groups in total. The van der Waals surface area contributed by atoms with Crippen molar-refractivity contribution in [3.8, 4) is 11.4 Å². The van der Waals surface area contributed by atoms with Crippen LogP contribution < -0.4 is 5.73 Å². The molecular weight excluding hydrogens is 273 g/mol. The molecule has 0 bridgehead atoms. The summed E-state index contributed by atoms with van der Waals surface area (Å²) in [5.74, 6) is 0.127. The van der Waals surface area contributed by atoms with Crippen LogP contribution in [0.5, 0.6) is 0 Å². The fraction of sp³-hybridized carbons (Fsp3) is 0.200. The standard InChI is InChI=1S/C15H14FN3O2/c16-12-6-5-11(9-3-1-2-4-10(9)12)14-18-15(21-19-14)13(20)7-8-17/h1-6,13,20H,7-8,17H2/t13-/m0/s1. The zero-order valence-corrected chi connectivity index (χ0v) is 11.2. The van der Waals surface area contributed by atoms with E-state index in [0.717, 1.165) is 0 Å². The van der Waals surface area contributed by atoms with Crippen LogP contribution in [0, 0.1) is 5.82 Å². The zero-order chi connectivity index (χ0) is 14.8. The highest BCUT2D eigenvalue weighted by atomic mass is 19.1. The number of aromatic nitrogens is 2. The van der Waals surface area contributed by atoms with Gasteiger partial charge in [-0.25, -0.2) is 4.39 Å². The van der Waals surface area contributed by atoms with Gasteiger partial charge >= 0.3 is 0 Å². The van der Waals surface area contributed by atoms with Crippen LogP contribution in [-0.4, -0.2) is 21.8 Å². The second-order valence-corrected chi connectivity index (χ2v) is 4.69. The molecule has 3 aromatic rings. The summed E-state index contributed by atoms with van der Waals surface area (Å²) in [6.07, 6.45) is -0.547. The number of nitrogens with two attached hydrogens (primary N) is 1. The Labute approximate surface area is 120 Å². The van der Waals surface area contributed by atoms with E-state index in [1.54, 1.807) is 24.3 Å². The Kier molecular flexibility index (Phi) is 3.64. The van der Waals surface area contributed by atoms with Gasteiger partial charge in [0.25, 0.3) is 5.89 Å². The summed E-state index contributed by atoms with van der Waals surface area (Å²) >= 11 is 0. The Balaban J connectivity index is 2.07. The molecule has 1 aromatic heterocycles. The van der Waals surface area contributed by atoms with Crippen molar-refractivity contribution in [1.82, 2.24) is 10.1 Å². The van der Waals surface area contributed by atoms with E-state index >= 15 is 0 Å². The number of rotatable bonds is 4. The smallest absolute Gasteiger partial charge is 0.255 e. The van der Waals surface area contributed by atoms with Crippen LogP contribution >= 0.6 is 0 Å². The van der Waals surface area contributed by atoms with Crippen molar-refractivity contribution in [2.24, 2.45) is 5.73 Å². The quantitative estimate of drug-likeness (QED) is 0.769. The van der Waals surface area contributed by atoms with Gasteiger partial charge in [0.05, 0.1) is 0 Å². The summed E-state index contributed by atoms with van der Waals surface area (Å²) in [6, 6.07) is 10.0. The third-order valence-electron chi connectivity index (χ3n) is 3.28. The van der Waals surface area contributed by atoms with Gasteiger partial charge in [-0.1, -0.05) is 29.4 Å². The molecule has 0 radical (unpaired) electrons. The van der Waals surface area contributed by atoms with Gasteiger partial charge in [0.1, 0.15) is 11.9 Å². The third kappa shape index (κ3) is 2.51.